The Labute approximate surface area is 167 Å². The summed E-state index contributed by atoms with van der Waals surface area (Å²) in [6.45, 7) is 0. The number of carbonyl (C=O) groups is 1. The number of benzene rings is 4. The molecule has 1 unspecified atom stereocenters. The van der Waals surface area contributed by atoms with Crippen LogP contribution >= 0.6 is 0 Å². The Kier molecular flexibility index (Phi) is 4.04. The quantitative estimate of drug-likeness (QED) is 0.332. The fourth-order valence-electron chi connectivity index (χ4n) is 4.18. The lowest BCUT2D eigenvalue weighted by Crippen LogP contribution is -2.23. The first kappa shape index (κ1) is 17.4. The maximum Gasteiger partial charge on any atom is 0.340 e. The number of aliphatic hydroxyl groups excluding tert-OH is 1. The van der Waals surface area contributed by atoms with E-state index < -0.39 is 6.10 Å². The predicted molar refractivity (Wildman–Crippen MR) is 111 cm³/mol. The molecule has 0 aromatic heterocycles. The number of ether oxygens (including phenoxy) is 1. The van der Waals surface area contributed by atoms with Crippen LogP contribution in [0.4, 0.5) is 0 Å². The van der Waals surface area contributed by atoms with E-state index in [1.54, 1.807) is 30.3 Å². The van der Waals surface area contributed by atoms with Crippen molar-refractivity contribution in [2.75, 3.05) is 0 Å². The van der Waals surface area contributed by atoms with Crippen LogP contribution in [0.2, 0.25) is 0 Å². The summed E-state index contributed by atoms with van der Waals surface area (Å²) in [5.74, 6) is 0.0291. The molecule has 0 bridgehead atoms. The van der Waals surface area contributed by atoms with Crippen LogP contribution in [0, 0.1) is 11.3 Å². The molecule has 0 saturated heterocycles. The van der Waals surface area contributed by atoms with Gasteiger partial charge >= 0.3 is 5.97 Å². The van der Waals surface area contributed by atoms with Crippen molar-refractivity contribution in [3.05, 3.63) is 83.1 Å². The Balaban J connectivity index is 1.58. The molecular weight excluding hydrogens is 362 g/mol. The Morgan fingerprint density at radius 3 is 2.38 bits per heavy atom. The molecule has 4 aromatic rings. The van der Waals surface area contributed by atoms with Crippen molar-refractivity contribution in [1.29, 1.82) is 5.26 Å². The number of nitrogens with zero attached hydrogens (tertiary/aromatic N) is 1. The highest BCUT2D eigenvalue weighted by molar-refractivity contribution is 6.17. The van der Waals surface area contributed by atoms with Crippen LogP contribution in [-0.4, -0.2) is 11.1 Å². The van der Waals surface area contributed by atoms with Crippen LogP contribution in [-0.2, 0) is 11.2 Å². The summed E-state index contributed by atoms with van der Waals surface area (Å²) in [7, 11) is 0. The van der Waals surface area contributed by atoms with Gasteiger partial charge in [-0.1, -0.05) is 54.6 Å². The van der Waals surface area contributed by atoms with Crippen molar-refractivity contribution in [2.45, 2.75) is 18.9 Å². The van der Waals surface area contributed by atoms with Crippen molar-refractivity contribution in [3.8, 4) is 11.8 Å². The van der Waals surface area contributed by atoms with Gasteiger partial charge in [-0.2, -0.15) is 5.26 Å². The second-order valence-corrected chi connectivity index (χ2v) is 7.26. The highest BCUT2D eigenvalue weighted by Crippen LogP contribution is 2.31. The first-order valence-corrected chi connectivity index (χ1v) is 9.52. The molecule has 29 heavy (non-hydrogen) atoms. The van der Waals surface area contributed by atoms with Crippen molar-refractivity contribution < 1.29 is 14.6 Å². The van der Waals surface area contributed by atoms with Gasteiger partial charge in [0.15, 0.2) is 6.10 Å². The molecule has 0 amide bonds. The minimum atomic E-state index is -1.19. The molecule has 1 aliphatic rings. The van der Waals surface area contributed by atoms with E-state index in [1.807, 2.05) is 12.1 Å². The molecule has 4 nitrogen and oxygen atoms in total. The van der Waals surface area contributed by atoms with Gasteiger partial charge in [-0.15, -0.1) is 0 Å². The molecule has 140 valence electrons. The number of rotatable bonds is 3. The average molecular weight is 379 g/mol. The normalized spacial score (nSPS) is 14.0. The van der Waals surface area contributed by atoms with Crippen LogP contribution in [0.3, 0.4) is 0 Å². The monoisotopic (exact) mass is 379 g/mol. The van der Waals surface area contributed by atoms with Gasteiger partial charge in [0, 0.05) is 5.57 Å². The third-order valence-corrected chi connectivity index (χ3v) is 5.61. The number of hydrogen-bond acceptors (Lipinski definition) is 4. The van der Waals surface area contributed by atoms with Gasteiger partial charge in [0.2, 0.25) is 0 Å². The summed E-state index contributed by atoms with van der Waals surface area (Å²) in [5.41, 5.74) is 2.41. The highest BCUT2D eigenvalue weighted by atomic mass is 16.5. The molecule has 5 rings (SSSR count). The summed E-state index contributed by atoms with van der Waals surface area (Å²) in [5, 5.41) is 24.0. The summed E-state index contributed by atoms with van der Waals surface area (Å²) in [6, 6.07) is 22.8. The first-order valence-electron chi connectivity index (χ1n) is 9.52. The molecule has 0 radical (unpaired) electrons. The van der Waals surface area contributed by atoms with Crippen molar-refractivity contribution in [3.63, 3.8) is 0 Å². The SMILES string of the molecule is N#CC(O)c1ccc(OC(=O)C2=c3ccc4cccc5ccc(c3c54)CC2)cc1. The number of hydrogen-bond donors (Lipinski definition) is 1. The van der Waals surface area contributed by atoms with Crippen molar-refractivity contribution >= 4 is 33.1 Å². The van der Waals surface area contributed by atoms with Crippen molar-refractivity contribution in [1.82, 2.24) is 0 Å². The molecule has 0 heterocycles. The summed E-state index contributed by atoms with van der Waals surface area (Å²) in [6.07, 6.45) is 0.244. The number of esters is 1. The van der Waals surface area contributed by atoms with Crippen LogP contribution in [0.5, 0.6) is 5.75 Å². The molecule has 4 aromatic carbocycles. The van der Waals surface area contributed by atoms with Gasteiger partial charge in [0.1, 0.15) is 5.75 Å². The number of aryl methyl sites for hydroxylation is 1. The lowest BCUT2D eigenvalue weighted by Gasteiger charge is -2.18. The summed E-state index contributed by atoms with van der Waals surface area (Å²) < 4.78 is 5.61. The smallest absolute Gasteiger partial charge is 0.340 e. The molecule has 1 aliphatic carbocycles. The number of carbonyl (C=O) groups excluding carboxylic acids is 1. The Hall–Kier alpha value is -3.68. The van der Waals surface area contributed by atoms with E-state index in [2.05, 4.69) is 30.3 Å². The molecule has 1 N–H and O–H groups in total. The molecular formula is C25H17NO3. The summed E-state index contributed by atoms with van der Waals surface area (Å²) >= 11 is 0. The van der Waals surface area contributed by atoms with Crippen molar-refractivity contribution in [2.24, 2.45) is 0 Å². The van der Waals surface area contributed by atoms with E-state index >= 15 is 0 Å². The van der Waals surface area contributed by atoms with E-state index in [1.165, 1.54) is 21.7 Å². The second kappa shape index (κ2) is 6.73. The maximum atomic E-state index is 13.0. The van der Waals surface area contributed by atoms with Crippen LogP contribution < -0.4 is 9.96 Å². The van der Waals surface area contributed by atoms with Gasteiger partial charge in [0.25, 0.3) is 0 Å². The molecule has 0 spiro atoms. The van der Waals surface area contributed by atoms with E-state index in [-0.39, 0.29) is 5.97 Å². The molecule has 0 fully saturated rings. The zero-order valence-electron chi connectivity index (χ0n) is 15.6. The minimum Gasteiger partial charge on any atom is -0.423 e. The zero-order chi connectivity index (χ0) is 20.0. The molecule has 0 aliphatic heterocycles. The van der Waals surface area contributed by atoms with E-state index in [9.17, 15) is 9.90 Å². The zero-order valence-corrected chi connectivity index (χ0v) is 15.6. The molecule has 0 saturated carbocycles. The lowest BCUT2D eigenvalue weighted by molar-refractivity contribution is -0.128. The third-order valence-electron chi connectivity index (χ3n) is 5.61. The fraction of sp³-hybridized carbons (Fsp3) is 0.120. The van der Waals surface area contributed by atoms with E-state index in [0.717, 1.165) is 17.0 Å². The Bertz CT molecular complexity index is 1350. The molecule has 4 heteroatoms. The lowest BCUT2D eigenvalue weighted by atomic mass is 9.87. The van der Waals surface area contributed by atoms with Gasteiger partial charge < -0.3 is 9.84 Å². The topological polar surface area (TPSA) is 70.3 Å². The van der Waals surface area contributed by atoms with Gasteiger partial charge in [-0.25, -0.2) is 4.79 Å². The van der Waals surface area contributed by atoms with Gasteiger partial charge in [-0.05, 0) is 62.9 Å². The van der Waals surface area contributed by atoms with Crippen LogP contribution in [0.15, 0.2) is 66.7 Å². The maximum absolute atomic E-state index is 13.0. The Morgan fingerprint density at radius 2 is 1.66 bits per heavy atom. The number of aliphatic hydroxyl groups is 1. The van der Waals surface area contributed by atoms with E-state index in [4.69, 9.17) is 10.00 Å². The van der Waals surface area contributed by atoms with Gasteiger partial charge in [0.05, 0.1) is 6.07 Å². The van der Waals surface area contributed by atoms with Crippen LogP contribution in [0.1, 0.15) is 23.7 Å². The third kappa shape index (κ3) is 2.84. The molecule has 1 atom stereocenters. The minimum absolute atomic E-state index is 0.361. The standard InChI is InChI=1S/C25H17NO3/c26-14-22(27)15-6-10-19(11-7-15)29-25(28)21-13-9-18-5-4-16-2-1-3-17-8-12-20(21)24(18)23(16)17/h1-8,10-12,22,27H,9,13H2. The number of nitriles is 1. The second-order valence-electron chi connectivity index (χ2n) is 7.26. The first-order chi connectivity index (χ1) is 14.2. The Morgan fingerprint density at radius 1 is 0.931 bits per heavy atom. The van der Waals surface area contributed by atoms with Crippen LogP contribution in [0.25, 0.3) is 27.1 Å². The fourth-order valence-corrected chi connectivity index (χ4v) is 4.18. The van der Waals surface area contributed by atoms with E-state index in [0.29, 0.717) is 23.3 Å². The predicted octanol–water partition coefficient (Wildman–Crippen LogP) is 3.97. The average Bonchev–Trinajstić information content (AvgIpc) is 2.77. The summed E-state index contributed by atoms with van der Waals surface area (Å²) in [4.78, 5) is 13.0. The van der Waals surface area contributed by atoms with Gasteiger partial charge in [-0.3, -0.25) is 0 Å². The highest BCUT2D eigenvalue weighted by Gasteiger charge is 2.21. The largest absolute Gasteiger partial charge is 0.423 e.